The van der Waals surface area contributed by atoms with Gasteiger partial charge in [0.25, 0.3) is 5.91 Å². The van der Waals surface area contributed by atoms with Gasteiger partial charge in [-0.1, -0.05) is 6.07 Å². The maximum absolute atomic E-state index is 11.4. The number of H-pyrrole nitrogens is 1. The van der Waals surface area contributed by atoms with E-state index in [9.17, 15) is 4.79 Å². The summed E-state index contributed by atoms with van der Waals surface area (Å²) >= 11 is 0. The summed E-state index contributed by atoms with van der Waals surface area (Å²) in [7, 11) is 0. The molecule has 3 rings (SSSR count). The van der Waals surface area contributed by atoms with Crippen LogP contribution in [0.2, 0.25) is 0 Å². The molecule has 1 aliphatic rings. The third-order valence-electron chi connectivity index (χ3n) is 3.94. The number of aromatic nitrogens is 1. The number of carbonyl (C=O) groups excluding carboxylic acids is 1. The number of aromatic amines is 1. The number of nitrogens with one attached hydrogen (secondary N) is 1. The quantitative estimate of drug-likeness (QED) is 0.752. The molecule has 0 aliphatic heterocycles. The third kappa shape index (κ3) is 1.69. The lowest BCUT2D eigenvalue weighted by Crippen LogP contribution is -2.14. The maximum atomic E-state index is 11.4. The zero-order chi connectivity index (χ0) is 12.7. The highest BCUT2D eigenvalue weighted by molar-refractivity contribution is 6.05. The Kier molecular flexibility index (Phi) is 2.59. The summed E-state index contributed by atoms with van der Waals surface area (Å²) < 4.78 is 0. The van der Waals surface area contributed by atoms with Crippen LogP contribution in [-0.2, 0) is 0 Å². The van der Waals surface area contributed by atoms with Crippen molar-refractivity contribution in [1.29, 1.82) is 0 Å². The molecule has 4 nitrogen and oxygen atoms in total. The van der Waals surface area contributed by atoms with E-state index in [2.05, 4.69) is 4.98 Å². The molecule has 94 valence electrons. The van der Waals surface area contributed by atoms with Gasteiger partial charge in [0.1, 0.15) is 0 Å². The molecule has 4 heteroatoms. The van der Waals surface area contributed by atoms with E-state index in [4.69, 9.17) is 11.5 Å². The molecule has 5 N–H and O–H groups in total. The fourth-order valence-electron chi connectivity index (χ4n) is 3.04. The van der Waals surface area contributed by atoms with E-state index in [0.717, 1.165) is 30.2 Å². The molecule has 0 bridgehead atoms. The Morgan fingerprint density at radius 2 is 2.11 bits per heavy atom. The average molecular weight is 243 g/mol. The molecular weight excluding hydrogens is 226 g/mol. The second-order valence-corrected chi connectivity index (χ2v) is 5.10. The number of hydrogen-bond donors (Lipinski definition) is 3. The molecule has 1 aromatic heterocycles. The summed E-state index contributed by atoms with van der Waals surface area (Å²) in [5, 5.41) is 1.10. The van der Waals surface area contributed by atoms with Gasteiger partial charge in [-0.2, -0.15) is 0 Å². The van der Waals surface area contributed by atoms with Crippen LogP contribution < -0.4 is 11.5 Å². The summed E-state index contributed by atoms with van der Waals surface area (Å²) in [6.07, 6.45) is 5.08. The van der Waals surface area contributed by atoms with Gasteiger partial charge in [0.15, 0.2) is 0 Å². The van der Waals surface area contributed by atoms with Crippen molar-refractivity contribution in [2.45, 2.75) is 31.2 Å². The van der Waals surface area contributed by atoms with Gasteiger partial charge in [0, 0.05) is 17.6 Å². The van der Waals surface area contributed by atoms with E-state index in [1.54, 1.807) is 0 Å². The number of primary amides is 1. The van der Waals surface area contributed by atoms with Gasteiger partial charge < -0.3 is 16.5 Å². The van der Waals surface area contributed by atoms with Crippen molar-refractivity contribution in [2.75, 3.05) is 0 Å². The standard InChI is InChI=1S/C14H17N3O/c15-9-2-1-8(7-9)10-3-4-12(14(16)18)13-11(10)5-6-17-13/h3-6,8-9,17H,1-2,7,15H2,(H2,16,18)/t8-,9-/m1/s1. The van der Waals surface area contributed by atoms with Crippen LogP contribution in [0.5, 0.6) is 0 Å². The molecule has 0 spiro atoms. The SMILES string of the molecule is NC(=O)c1ccc([C@@H]2CC[C@@H](N)C2)c2cc[nH]c12. The molecule has 1 heterocycles. The van der Waals surface area contributed by atoms with E-state index in [0.29, 0.717) is 17.5 Å². The number of carbonyl (C=O) groups is 1. The zero-order valence-corrected chi connectivity index (χ0v) is 10.1. The van der Waals surface area contributed by atoms with E-state index >= 15 is 0 Å². The van der Waals surface area contributed by atoms with Gasteiger partial charge in [0.05, 0.1) is 11.1 Å². The summed E-state index contributed by atoms with van der Waals surface area (Å²) in [5.41, 5.74) is 14.0. The Hall–Kier alpha value is -1.81. The molecule has 1 aliphatic carbocycles. The first-order valence-electron chi connectivity index (χ1n) is 6.32. The lowest BCUT2D eigenvalue weighted by Gasteiger charge is -2.12. The Morgan fingerprint density at radius 1 is 1.28 bits per heavy atom. The minimum Gasteiger partial charge on any atom is -0.366 e. The number of benzene rings is 1. The lowest BCUT2D eigenvalue weighted by molar-refractivity contribution is 0.100. The van der Waals surface area contributed by atoms with Gasteiger partial charge >= 0.3 is 0 Å². The van der Waals surface area contributed by atoms with Crippen LogP contribution in [-0.4, -0.2) is 16.9 Å². The van der Waals surface area contributed by atoms with Crippen molar-refractivity contribution in [1.82, 2.24) is 4.98 Å². The number of fused-ring (bicyclic) bond motifs is 1. The maximum Gasteiger partial charge on any atom is 0.250 e. The van der Waals surface area contributed by atoms with Crippen molar-refractivity contribution in [2.24, 2.45) is 11.5 Å². The number of hydrogen-bond acceptors (Lipinski definition) is 2. The lowest BCUT2D eigenvalue weighted by atomic mass is 9.92. The van der Waals surface area contributed by atoms with E-state index < -0.39 is 5.91 Å². The Balaban J connectivity index is 2.12. The fourth-order valence-corrected chi connectivity index (χ4v) is 3.04. The van der Waals surface area contributed by atoms with Crippen molar-refractivity contribution in [3.05, 3.63) is 35.5 Å². The first kappa shape index (κ1) is 11.3. The highest BCUT2D eigenvalue weighted by atomic mass is 16.1. The second-order valence-electron chi connectivity index (χ2n) is 5.10. The van der Waals surface area contributed by atoms with Crippen LogP contribution in [0.25, 0.3) is 10.9 Å². The van der Waals surface area contributed by atoms with Crippen molar-refractivity contribution in [3.63, 3.8) is 0 Å². The van der Waals surface area contributed by atoms with Gasteiger partial charge in [-0.15, -0.1) is 0 Å². The third-order valence-corrected chi connectivity index (χ3v) is 3.94. The molecule has 1 aromatic carbocycles. The monoisotopic (exact) mass is 243 g/mol. The van der Waals surface area contributed by atoms with Crippen LogP contribution in [0, 0.1) is 0 Å². The van der Waals surface area contributed by atoms with Gasteiger partial charge in [-0.25, -0.2) is 0 Å². The molecule has 1 fully saturated rings. The minimum absolute atomic E-state index is 0.305. The first-order chi connectivity index (χ1) is 8.66. The van der Waals surface area contributed by atoms with E-state index in [-0.39, 0.29) is 0 Å². The number of rotatable bonds is 2. The van der Waals surface area contributed by atoms with Crippen LogP contribution in [0.3, 0.4) is 0 Å². The molecular formula is C14H17N3O. The molecule has 0 unspecified atom stereocenters. The summed E-state index contributed by atoms with van der Waals surface area (Å²) in [5.74, 6) is 0.109. The van der Waals surface area contributed by atoms with Crippen molar-refractivity contribution < 1.29 is 4.79 Å². The second kappa shape index (κ2) is 4.14. The fraction of sp³-hybridized carbons (Fsp3) is 0.357. The average Bonchev–Trinajstić information content (AvgIpc) is 2.95. The number of amides is 1. The van der Waals surface area contributed by atoms with Crippen LogP contribution in [0.15, 0.2) is 24.4 Å². The minimum atomic E-state index is -0.392. The molecule has 2 aromatic rings. The first-order valence-corrected chi connectivity index (χ1v) is 6.32. The Morgan fingerprint density at radius 3 is 2.78 bits per heavy atom. The van der Waals surface area contributed by atoms with Gasteiger partial charge in [-0.05, 0) is 42.9 Å². The number of nitrogens with two attached hydrogens (primary N) is 2. The predicted molar refractivity (Wildman–Crippen MR) is 71.4 cm³/mol. The van der Waals surface area contributed by atoms with Crippen LogP contribution in [0.4, 0.5) is 0 Å². The summed E-state index contributed by atoms with van der Waals surface area (Å²) in [4.78, 5) is 14.5. The predicted octanol–water partition coefficient (Wildman–Crippen LogP) is 1.86. The smallest absolute Gasteiger partial charge is 0.250 e. The molecule has 1 saturated carbocycles. The van der Waals surface area contributed by atoms with E-state index in [1.807, 2.05) is 24.4 Å². The highest BCUT2D eigenvalue weighted by Crippen LogP contribution is 2.37. The summed E-state index contributed by atoms with van der Waals surface area (Å²) in [6.45, 7) is 0. The molecule has 18 heavy (non-hydrogen) atoms. The molecule has 1 amide bonds. The molecule has 0 saturated heterocycles. The van der Waals surface area contributed by atoms with Crippen LogP contribution >= 0.6 is 0 Å². The van der Waals surface area contributed by atoms with Gasteiger partial charge in [0.2, 0.25) is 0 Å². The zero-order valence-electron chi connectivity index (χ0n) is 10.1. The Bertz CT molecular complexity index is 602. The Labute approximate surface area is 105 Å². The topological polar surface area (TPSA) is 84.9 Å². The highest BCUT2D eigenvalue weighted by Gasteiger charge is 2.25. The van der Waals surface area contributed by atoms with Crippen molar-refractivity contribution in [3.8, 4) is 0 Å². The van der Waals surface area contributed by atoms with E-state index in [1.165, 1.54) is 5.56 Å². The largest absolute Gasteiger partial charge is 0.366 e. The van der Waals surface area contributed by atoms with Crippen LogP contribution in [0.1, 0.15) is 41.1 Å². The van der Waals surface area contributed by atoms with Gasteiger partial charge in [-0.3, -0.25) is 4.79 Å². The van der Waals surface area contributed by atoms with Crippen molar-refractivity contribution >= 4 is 16.8 Å². The normalized spacial score (nSPS) is 23.6. The summed E-state index contributed by atoms with van der Waals surface area (Å²) in [6, 6.07) is 6.17. The molecule has 2 atom stereocenters. The molecule has 0 radical (unpaired) electrons.